The third-order valence-corrected chi connectivity index (χ3v) is 4.10. The molecule has 0 N–H and O–H groups in total. The Bertz CT molecular complexity index is 236. The average molecular weight is 170 g/mol. The maximum absolute atomic E-state index is 2.24. The van der Waals surface area contributed by atoms with Gasteiger partial charge in [0.2, 0.25) is 0 Å². The quantitative estimate of drug-likeness (QED) is 0.576. The Kier molecular flexibility index (Phi) is 1.53. The molecule has 10 heavy (non-hydrogen) atoms. The van der Waals surface area contributed by atoms with Crippen molar-refractivity contribution in [2.24, 2.45) is 0 Å². The van der Waals surface area contributed by atoms with E-state index in [1.807, 2.05) is 23.1 Å². The smallest absolute Gasteiger partial charge is 0.0201 e. The van der Waals surface area contributed by atoms with Crippen molar-refractivity contribution in [1.82, 2.24) is 0 Å². The SMILES string of the molecule is Cc1sc(C)c2c1CSC2. The highest BCUT2D eigenvalue weighted by atomic mass is 32.2. The number of rotatable bonds is 0. The zero-order valence-electron chi connectivity index (χ0n) is 6.23. The molecule has 54 valence electrons. The molecule has 0 nitrogen and oxygen atoms in total. The summed E-state index contributed by atoms with van der Waals surface area (Å²) in [5, 5.41) is 0. The fourth-order valence-electron chi connectivity index (χ4n) is 1.41. The van der Waals surface area contributed by atoms with Gasteiger partial charge in [0.25, 0.3) is 0 Å². The van der Waals surface area contributed by atoms with E-state index in [2.05, 4.69) is 13.8 Å². The van der Waals surface area contributed by atoms with E-state index in [0.717, 1.165) is 0 Å². The predicted molar refractivity (Wildman–Crippen MR) is 48.8 cm³/mol. The first-order chi connectivity index (χ1) is 4.79. The molecule has 2 heterocycles. The van der Waals surface area contributed by atoms with Crippen molar-refractivity contribution in [3.63, 3.8) is 0 Å². The van der Waals surface area contributed by atoms with Gasteiger partial charge in [-0.2, -0.15) is 11.8 Å². The summed E-state index contributed by atoms with van der Waals surface area (Å²) in [6, 6.07) is 0. The molecule has 2 heteroatoms. The monoisotopic (exact) mass is 170 g/mol. The van der Waals surface area contributed by atoms with Gasteiger partial charge in [-0.05, 0) is 25.0 Å². The summed E-state index contributed by atoms with van der Waals surface area (Å²) in [5.41, 5.74) is 3.26. The van der Waals surface area contributed by atoms with Gasteiger partial charge < -0.3 is 0 Å². The van der Waals surface area contributed by atoms with E-state index in [-0.39, 0.29) is 0 Å². The normalized spacial score (nSPS) is 15.8. The van der Waals surface area contributed by atoms with Gasteiger partial charge in [0.15, 0.2) is 0 Å². The van der Waals surface area contributed by atoms with Gasteiger partial charge in [-0.15, -0.1) is 11.3 Å². The third kappa shape index (κ3) is 0.823. The van der Waals surface area contributed by atoms with Crippen LogP contribution in [0.25, 0.3) is 0 Å². The van der Waals surface area contributed by atoms with Gasteiger partial charge in [0.1, 0.15) is 0 Å². The fourth-order valence-corrected chi connectivity index (χ4v) is 3.98. The van der Waals surface area contributed by atoms with Crippen LogP contribution in [0.2, 0.25) is 0 Å². The molecule has 0 aromatic carbocycles. The van der Waals surface area contributed by atoms with Crippen LogP contribution in [0.4, 0.5) is 0 Å². The van der Waals surface area contributed by atoms with E-state index in [0.29, 0.717) is 0 Å². The van der Waals surface area contributed by atoms with Crippen LogP contribution < -0.4 is 0 Å². The Morgan fingerprint density at radius 2 is 1.50 bits per heavy atom. The van der Waals surface area contributed by atoms with Crippen LogP contribution >= 0.6 is 23.1 Å². The summed E-state index contributed by atoms with van der Waals surface area (Å²) in [6.45, 7) is 4.48. The molecule has 0 bridgehead atoms. The third-order valence-electron chi connectivity index (χ3n) is 2.01. The summed E-state index contributed by atoms with van der Waals surface area (Å²) in [5.74, 6) is 2.51. The molecule has 2 rings (SSSR count). The van der Waals surface area contributed by atoms with Crippen molar-refractivity contribution in [2.45, 2.75) is 25.4 Å². The summed E-state index contributed by atoms with van der Waals surface area (Å²) in [6.07, 6.45) is 0. The predicted octanol–water partition coefficient (Wildman–Crippen LogP) is 3.11. The molecular formula is C8H10S2. The molecule has 1 aromatic rings. The van der Waals surface area contributed by atoms with Crippen molar-refractivity contribution >= 4 is 23.1 Å². The first-order valence-corrected chi connectivity index (χ1v) is 5.41. The molecule has 0 saturated carbocycles. The van der Waals surface area contributed by atoms with Crippen molar-refractivity contribution in [1.29, 1.82) is 0 Å². The van der Waals surface area contributed by atoms with Crippen LogP contribution in [0.1, 0.15) is 20.9 Å². The van der Waals surface area contributed by atoms with Gasteiger partial charge >= 0.3 is 0 Å². The van der Waals surface area contributed by atoms with Crippen LogP contribution in [0.3, 0.4) is 0 Å². The number of fused-ring (bicyclic) bond motifs is 1. The zero-order valence-corrected chi connectivity index (χ0v) is 7.86. The Labute approximate surface area is 69.6 Å². The molecule has 1 aliphatic heterocycles. The van der Waals surface area contributed by atoms with Gasteiger partial charge in [0.05, 0.1) is 0 Å². The second-order valence-electron chi connectivity index (χ2n) is 2.66. The number of aryl methyl sites for hydroxylation is 2. The molecule has 0 saturated heterocycles. The lowest BCUT2D eigenvalue weighted by molar-refractivity contribution is 1.32. The van der Waals surface area contributed by atoms with Gasteiger partial charge in [-0.3, -0.25) is 0 Å². The first kappa shape index (κ1) is 6.74. The van der Waals surface area contributed by atoms with E-state index >= 15 is 0 Å². The minimum absolute atomic E-state index is 1.26. The van der Waals surface area contributed by atoms with Crippen LogP contribution in [0.5, 0.6) is 0 Å². The summed E-state index contributed by atoms with van der Waals surface area (Å²) in [4.78, 5) is 3.08. The molecule has 0 spiro atoms. The molecule has 0 aliphatic carbocycles. The second kappa shape index (κ2) is 2.28. The molecule has 0 atom stereocenters. The van der Waals surface area contributed by atoms with Crippen molar-refractivity contribution < 1.29 is 0 Å². The fraction of sp³-hybridized carbons (Fsp3) is 0.500. The lowest BCUT2D eigenvalue weighted by atomic mass is 10.2. The lowest BCUT2D eigenvalue weighted by Gasteiger charge is -1.87. The Balaban J connectivity index is 2.61. The minimum atomic E-state index is 1.26. The van der Waals surface area contributed by atoms with Crippen LogP contribution in [-0.2, 0) is 11.5 Å². The Morgan fingerprint density at radius 1 is 1.00 bits per heavy atom. The van der Waals surface area contributed by atoms with E-state index < -0.39 is 0 Å². The van der Waals surface area contributed by atoms with Crippen molar-refractivity contribution in [2.75, 3.05) is 0 Å². The van der Waals surface area contributed by atoms with Crippen LogP contribution in [0, 0.1) is 13.8 Å². The number of thiophene rings is 1. The number of hydrogen-bond acceptors (Lipinski definition) is 2. The topological polar surface area (TPSA) is 0 Å². The average Bonchev–Trinajstić information content (AvgIpc) is 2.39. The van der Waals surface area contributed by atoms with Crippen LogP contribution in [0.15, 0.2) is 0 Å². The van der Waals surface area contributed by atoms with Gasteiger partial charge in [-0.25, -0.2) is 0 Å². The maximum atomic E-state index is 2.24. The summed E-state index contributed by atoms with van der Waals surface area (Å²) in [7, 11) is 0. The Hall–Kier alpha value is 0.0500. The van der Waals surface area contributed by atoms with E-state index in [1.165, 1.54) is 21.3 Å². The first-order valence-electron chi connectivity index (χ1n) is 3.44. The van der Waals surface area contributed by atoms with E-state index in [4.69, 9.17) is 0 Å². The molecule has 1 aliphatic rings. The van der Waals surface area contributed by atoms with E-state index in [9.17, 15) is 0 Å². The van der Waals surface area contributed by atoms with Gasteiger partial charge in [0, 0.05) is 21.3 Å². The number of hydrogen-bond donors (Lipinski definition) is 0. The molecular weight excluding hydrogens is 160 g/mol. The molecule has 0 radical (unpaired) electrons. The summed E-state index contributed by atoms with van der Waals surface area (Å²) >= 11 is 4.00. The van der Waals surface area contributed by atoms with E-state index in [1.54, 1.807) is 11.1 Å². The molecule has 0 amide bonds. The zero-order chi connectivity index (χ0) is 7.14. The highest BCUT2D eigenvalue weighted by Crippen LogP contribution is 2.38. The maximum Gasteiger partial charge on any atom is 0.0201 e. The highest BCUT2D eigenvalue weighted by Gasteiger charge is 2.17. The van der Waals surface area contributed by atoms with Gasteiger partial charge in [-0.1, -0.05) is 0 Å². The van der Waals surface area contributed by atoms with Crippen molar-refractivity contribution in [3.8, 4) is 0 Å². The highest BCUT2D eigenvalue weighted by molar-refractivity contribution is 7.98. The lowest BCUT2D eigenvalue weighted by Crippen LogP contribution is -1.76. The molecule has 0 unspecified atom stereocenters. The Morgan fingerprint density at radius 3 is 2.00 bits per heavy atom. The standard InChI is InChI=1S/C8H10S2/c1-5-7-3-9-4-8(7)6(2)10-5/h3-4H2,1-2H3. The minimum Gasteiger partial charge on any atom is -0.152 e. The van der Waals surface area contributed by atoms with Crippen molar-refractivity contribution in [3.05, 3.63) is 20.9 Å². The summed E-state index contributed by atoms with van der Waals surface area (Å²) < 4.78 is 0. The number of thioether (sulfide) groups is 1. The second-order valence-corrected chi connectivity index (χ2v) is 5.08. The molecule has 1 aromatic heterocycles. The molecule has 0 fully saturated rings. The largest absolute Gasteiger partial charge is 0.152 e. The van der Waals surface area contributed by atoms with Crippen LogP contribution in [-0.4, -0.2) is 0 Å².